The lowest BCUT2D eigenvalue weighted by molar-refractivity contribution is -0.109. The minimum Gasteiger partial charge on any atom is -0.444 e. The van der Waals surface area contributed by atoms with Crippen molar-refractivity contribution < 1.29 is 14.3 Å². The maximum absolute atomic E-state index is 11.2. The van der Waals surface area contributed by atoms with E-state index in [0.717, 1.165) is 0 Å². The van der Waals surface area contributed by atoms with Crippen molar-refractivity contribution in [2.45, 2.75) is 38.8 Å². The van der Waals surface area contributed by atoms with Gasteiger partial charge in [0.15, 0.2) is 0 Å². The third kappa shape index (κ3) is 6.77. The lowest BCUT2D eigenvalue weighted by Gasteiger charge is -2.21. The van der Waals surface area contributed by atoms with Crippen LogP contribution in [-0.2, 0) is 9.53 Å². The maximum atomic E-state index is 11.2. The molecule has 1 unspecified atom stereocenters. The van der Waals surface area contributed by atoms with E-state index in [2.05, 4.69) is 17.9 Å². The van der Waals surface area contributed by atoms with Gasteiger partial charge in [-0.05, 0) is 32.9 Å². The zero-order valence-corrected chi connectivity index (χ0v) is 9.64. The molecule has 14 heavy (non-hydrogen) atoms. The van der Waals surface area contributed by atoms with E-state index in [9.17, 15) is 9.59 Å². The SMILES string of the molecule is CC(C)(C)OC(=O)NC(C=O)CCS. The van der Waals surface area contributed by atoms with Crippen LogP contribution in [0, 0.1) is 0 Å². The van der Waals surface area contributed by atoms with Gasteiger partial charge >= 0.3 is 6.09 Å². The maximum Gasteiger partial charge on any atom is 0.408 e. The molecule has 0 aromatic heterocycles. The number of carbonyl (C=O) groups excluding carboxylic acids is 2. The van der Waals surface area contributed by atoms with Gasteiger partial charge in [0.05, 0.1) is 6.04 Å². The monoisotopic (exact) mass is 219 g/mol. The summed E-state index contributed by atoms with van der Waals surface area (Å²) in [6.45, 7) is 5.29. The summed E-state index contributed by atoms with van der Waals surface area (Å²) >= 11 is 3.97. The van der Waals surface area contributed by atoms with Gasteiger partial charge in [0.25, 0.3) is 0 Å². The Hall–Kier alpha value is -0.710. The highest BCUT2D eigenvalue weighted by atomic mass is 32.1. The normalized spacial score (nSPS) is 13.1. The van der Waals surface area contributed by atoms with Crippen LogP contribution in [0.1, 0.15) is 27.2 Å². The Morgan fingerprint density at radius 3 is 2.50 bits per heavy atom. The van der Waals surface area contributed by atoms with Crippen molar-refractivity contribution in [1.29, 1.82) is 0 Å². The van der Waals surface area contributed by atoms with E-state index < -0.39 is 17.7 Å². The molecule has 0 heterocycles. The van der Waals surface area contributed by atoms with Crippen molar-refractivity contribution in [2.24, 2.45) is 0 Å². The fourth-order valence-electron chi connectivity index (χ4n) is 0.772. The van der Waals surface area contributed by atoms with E-state index >= 15 is 0 Å². The highest BCUT2D eigenvalue weighted by molar-refractivity contribution is 7.80. The molecular weight excluding hydrogens is 202 g/mol. The second-order valence-electron chi connectivity index (χ2n) is 3.90. The predicted octanol–water partition coefficient (Wildman–Crippen LogP) is 1.40. The molecule has 5 heteroatoms. The topological polar surface area (TPSA) is 55.4 Å². The van der Waals surface area contributed by atoms with Crippen molar-refractivity contribution in [1.82, 2.24) is 5.32 Å². The first kappa shape index (κ1) is 13.3. The van der Waals surface area contributed by atoms with Gasteiger partial charge < -0.3 is 14.8 Å². The number of amides is 1. The largest absolute Gasteiger partial charge is 0.444 e. The van der Waals surface area contributed by atoms with Crippen molar-refractivity contribution in [2.75, 3.05) is 5.75 Å². The van der Waals surface area contributed by atoms with Crippen molar-refractivity contribution >= 4 is 25.0 Å². The lowest BCUT2D eigenvalue weighted by atomic mass is 10.2. The smallest absolute Gasteiger partial charge is 0.408 e. The first-order valence-electron chi connectivity index (χ1n) is 4.44. The minimum atomic E-state index is -0.573. The fourth-order valence-corrected chi connectivity index (χ4v) is 1.05. The van der Waals surface area contributed by atoms with Crippen LogP contribution in [-0.4, -0.2) is 29.8 Å². The van der Waals surface area contributed by atoms with E-state index in [-0.39, 0.29) is 0 Å². The summed E-state index contributed by atoms with van der Waals surface area (Å²) in [7, 11) is 0. The number of thiol groups is 1. The Balaban J connectivity index is 3.97. The molecule has 0 aromatic carbocycles. The number of hydrogen-bond acceptors (Lipinski definition) is 4. The van der Waals surface area contributed by atoms with E-state index in [0.29, 0.717) is 18.5 Å². The average Bonchev–Trinajstić information content (AvgIpc) is 2.00. The number of hydrogen-bond donors (Lipinski definition) is 2. The first-order valence-corrected chi connectivity index (χ1v) is 5.08. The highest BCUT2D eigenvalue weighted by Crippen LogP contribution is 2.06. The zero-order chi connectivity index (χ0) is 11.2. The number of alkyl carbamates (subject to hydrolysis) is 1. The van der Waals surface area contributed by atoms with Crippen LogP contribution in [0.15, 0.2) is 0 Å². The summed E-state index contributed by atoms with van der Waals surface area (Å²) in [5.41, 5.74) is -0.543. The lowest BCUT2D eigenvalue weighted by Crippen LogP contribution is -2.40. The van der Waals surface area contributed by atoms with Gasteiger partial charge in [-0.3, -0.25) is 0 Å². The van der Waals surface area contributed by atoms with Gasteiger partial charge in [-0.1, -0.05) is 0 Å². The van der Waals surface area contributed by atoms with Crippen LogP contribution in [0.25, 0.3) is 0 Å². The standard InChI is InChI=1S/C9H17NO3S/c1-9(2,3)13-8(12)10-7(6-11)4-5-14/h6-7,14H,4-5H2,1-3H3,(H,10,12). The predicted molar refractivity (Wildman–Crippen MR) is 57.7 cm³/mol. The molecule has 0 rings (SSSR count). The number of nitrogens with one attached hydrogen (secondary N) is 1. The Labute approximate surface area is 89.8 Å². The third-order valence-electron chi connectivity index (χ3n) is 1.31. The van der Waals surface area contributed by atoms with Gasteiger partial charge in [-0.2, -0.15) is 12.6 Å². The van der Waals surface area contributed by atoms with Gasteiger partial charge in [-0.25, -0.2) is 4.79 Å². The summed E-state index contributed by atoms with van der Waals surface area (Å²) in [6.07, 6.45) is 0.614. The van der Waals surface area contributed by atoms with Crippen LogP contribution < -0.4 is 5.32 Å². The molecule has 0 aromatic rings. The van der Waals surface area contributed by atoms with Gasteiger partial charge in [0.1, 0.15) is 11.9 Å². The van der Waals surface area contributed by atoms with Gasteiger partial charge in [0.2, 0.25) is 0 Å². The number of aldehydes is 1. The van der Waals surface area contributed by atoms with Crippen molar-refractivity contribution in [3.05, 3.63) is 0 Å². The molecule has 0 saturated heterocycles. The molecule has 0 radical (unpaired) electrons. The molecule has 0 spiro atoms. The second kappa shape index (κ2) is 5.90. The van der Waals surface area contributed by atoms with E-state index in [1.165, 1.54) is 0 Å². The average molecular weight is 219 g/mol. The molecule has 4 nitrogen and oxygen atoms in total. The highest BCUT2D eigenvalue weighted by Gasteiger charge is 2.18. The molecule has 0 aliphatic rings. The summed E-state index contributed by atoms with van der Waals surface area (Å²) in [6, 6.07) is -0.512. The van der Waals surface area contributed by atoms with Crippen LogP contribution in [0.2, 0.25) is 0 Å². The van der Waals surface area contributed by atoms with Crippen molar-refractivity contribution in [3.8, 4) is 0 Å². The van der Waals surface area contributed by atoms with E-state index in [1.807, 2.05) is 0 Å². The van der Waals surface area contributed by atoms with E-state index in [1.54, 1.807) is 20.8 Å². The van der Waals surface area contributed by atoms with Crippen LogP contribution >= 0.6 is 12.6 Å². The fraction of sp³-hybridized carbons (Fsp3) is 0.778. The molecule has 0 fully saturated rings. The second-order valence-corrected chi connectivity index (χ2v) is 4.35. The van der Waals surface area contributed by atoms with Crippen LogP contribution in [0.4, 0.5) is 4.79 Å². The Morgan fingerprint density at radius 1 is 1.57 bits per heavy atom. The summed E-state index contributed by atoms with van der Waals surface area (Å²) in [5.74, 6) is 0.541. The molecule has 82 valence electrons. The number of carbonyl (C=O) groups is 2. The number of rotatable bonds is 4. The van der Waals surface area contributed by atoms with Crippen molar-refractivity contribution in [3.63, 3.8) is 0 Å². The Bertz CT molecular complexity index is 201. The first-order chi connectivity index (χ1) is 6.39. The van der Waals surface area contributed by atoms with Crippen LogP contribution in [0.5, 0.6) is 0 Å². The third-order valence-corrected chi connectivity index (χ3v) is 1.56. The van der Waals surface area contributed by atoms with Crippen LogP contribution in [0.3, 0.4) is 0 Å². The molecule has 1 atom stereocenters. The summed E-state index contributed by atoms with van der Waals surface area (Å²) in [4.78, 5) is 21.7. The summed E-state index contributed by atoms with van der Waals surface area (Å²) < 4.78 is 4.98. The molecular formula is C9H17NO3S. The molecule has 1 amide bonds. The molecule has 1 N–H and O–H groups in total. The molecule has 0 bridgehead atoms. The molecule has 0 aliphatic carbocycles. The zero-order valence-electron chi connectivity index (χ0n) is 8.74. The van der Waals surface area contributed by atoms with E-state index in [4.69, 9.17) is 4.74 Å². The minimum absolute atomic E-state index is 0.506. The number of ether oxygens (including phenoxy) is 1. The van der Waals surface area contributed by atoms with Gasteiger partial charge in [0, 0.05) is 0 Å². The molecule has 0 aliphatic heterocycles. The Morgan fingerprint density at radius 2 is 2.14 bits per heavy atom. The summed E-state index contributed by atoms with van der Waals surface area (Å²) in [5, 5.41) is 2.45. The Kier molecular flexibility index (Phi) is 5.60. The van der Waals surface area contributed by atoms with Gasteiger partial charge in [-0.15, -0.1) is 0 Å². The molecule has 0 saturated carbocycles. The quantitative estimate of drug-likeness (QED) is 0.555.